The highest BCUT2D eigenvalue weighted by molar-refractivity contribution is 5.80. The predicted molar refractivity (Wildman–Crippen MR) is 82.0 cm³/mol. The third kappa shape index (κ3) is 6.01. The van der Waals surface area contributed by atoms with Gasteiger partial charge in [0.15, 0.2) is 0 Å². The van der Waals surface area contributed by atoms with E-state index in [1.807, 2.05) is 37.6 Å². The molecule has 1 aliphatic heterocycles. The summed E-state index contributed by atoms with van der Waals surface area (Å²) in [6.45, 7) is 9.10. The van der Waals surface area contributed by atoms with Gasteiger partial charge in [-0.1, -0.05) is 0 Å². The molecule has 6 heteroatoms. The minimum atomic E-state index is -0.143. The molecule has 0 spiro atoms. The SMILES string of the molecule is COCCN(C)CC(=O)NC[C@@H]1CC(=O)N(C(C)(C)C)C1. The summed E-state index contributed by atoms with van der Waals surface area (Å²) in [4.78, 5) is 27.6. The summed E-state index contributed by atoms with van der Waals surface area (Å²) in [5, 5.41) is 2.92. The Labute approximate surface area is 127 Å². The number of nitrogens with one attached hydrogen (secondary N) is 1. The van der Waals surface area contributed by atoms with Gasteiger partial charge in [-0.3, -0.25) is 14.5 Å². The van der Waals surface area contributed by atoms with E-state index < -0.39 is 0 Å². The van der Waals surface area contributed by atoms with Gasteiger partial charge in [-0.05, 0) is 27.8 Å². The van der Waals surface area contributed by atoms with Gasteiger partial charge >= 0.3 is 0 Å². The Kier molecular flexibility index (Phi) is 6.61. The number of carbonyl (C=O) groups excluding carboxylic acids is 2. The molecule has 1 rings (SSSR count). The topological polar surface area (TPSA) is 61.9 Å². The van der Waals surface area contributed by atoms with E-state index >= 15 is 0 Å². The summed E-state index contributed by atoms with van der Waals surface area (Å²) in [5.74, 6) is 0.388. The fourth-order valence-electron chi connectivity index (χ4n) is 2.45. The number of rotatable bonds is 7. The molecule has 0 aromatic carbocycles. The number of hydrogen-bond donors (Lipinski definition) is 1. The minimum Gasteiger partial charge on any atom is -0.383 e. The first kappa shape index (κ1) is 17.9. The van der Waals surface area contributed by atoms with Gasteiger partial charge in [0.2, 0.25) is 11.8 Å². The lowest BCUT2D eigenvalue weighted by atomic mass is 10.1. The monoisotopic (exact) mass is 299 g/mol. The van der Waals surface area contributed by atoms with Gasteiger partial charge in [-0.2, -0.15) is 0 Å². The van der Waals surface area contributed by atoms with Crippen molar-refractivity contribution in [2.45, 2.75) is 32.7 Å². The Morgan fingerprint density at radius 1 is 1.48 bits per heavy atom. The van der Waals surface area contributed by atoms with Crippen LogP contribution in [0.4, 0.5) is 0 Å². The molecule has 0 aromatic rings. The summed E-state index contributed by atoms with van der Waals surface area (Å²) in [5.41, 5.74) is -0.143. The number of amides is 2. The van der Waals surface area contributed by atoms with Gasteiger partial charge in [-0.25, -0.2) is 0 Å². The number of likely N-dealkylation sites (N-methyl/N-ethyl adjacent to an activating group) is 1. The van der Waals surface area contributed by atoms with Crippen molar-refractivity contribution < 1.29 is 14.3 Å². The van der Waals surface area contributed by atoms with Crippen LogP contribution in [-0.2, 0) is 14.3 Å². The highest BCUT2D eigenvalue weighted by atomic mass is 16.5. The quantitative estimate of drug-likeness (QED) is 0.736. The van der Waals surface area contributed by atoms with Crippen LogP contribution in [0.3, 0.4) is 0 Å². The molecule has 6 nitrogen and oxygen atoms in total. The zero-order valence-electron chi connectivity index (χ0n) is 13.9. The van der Waals surface area contributed by atoms with Crippen molar-refractivity contribution in [3.05, 3.63) is 0 Å². The van der Waals surface area contributed by atoms with E-state index in [9.17, 15) is 9.59 Å². The van der Waals surface area contributed by atoms with Crippen LogP contribution in [0.1, 0.15) is 27.2 Å². The first-order valence-corrected chi connectivity index (χ1v) is 7.48. The molecule has 0 aromatic heterocycles. The van der Waals surface area contributed by atoms with Crippen LogP contribution in [-0.4, -0.2) is 74.1 Å². The summed E-state index contributed by atoms with van der Waals surface area (Å²) in [7, 11) is 3.53. The standard InChI is InChI=1S/C15H29N3O3/c1-15(2,3)18-10-12(8-14(18)20)9-16-13(19)11-17(4)6-7-21-5/h12H,6-11H2,1-5H3,(H,16,19)/t12-/m0/s1. The van der Waals surface area contributed by atoms with E-state index in [-0.39, 0.29) is 23.3 Å². The van der Waals surface area contributed by atoms with Crippen molar-refractivity contribution in [3.63, 3.8) is 0 Å². The zero-order valence-corrected chi connectivity index (χ0v) is 13.9. The van der Waals surface area contributed by atoms with E-state index in [0.29, 0.717) is 26.1 Å². The molecule has 1 fully saturated rings. The van der Waals surface area contributed by atoms with Crippen LogP contribution in [0.2, 0.25) is 0 Å². The molecule has 0 unspecified atom stereocenters. The smallest absolute Gasteiger partial charge is 0.234 e. The lowest BCUT2D eigenvalue weighted by molar-refractivity contribution is -0.131. The third-order valence-electron chi connectivity index (χ3n) is 3.69. The van der Waals surface area contributed by atoms with Crippen molar-refractivity contribution >= 4 is 11.8 Å². The van der Waals surface area contributed by atoms with E-state index in [4.69, 9.17) is 4.74 Å². The highest BCUT2D eigenvalue weighted by Gasteiger charge is 2.36. The summed E-state index contributed by atoms with van der Waals surface area (Å²) in [6.07, 6.45) is 0.525. The van der Waals surface area contributed by atoms with Crippen molar-refractivity contribution in [2.75, 3.05) is 46.9 Å². The summed E-state index contributed by atoms with van der Waals surface area (Å²) >= 11 is 0. The molecular weight excluding hydrogens is 270 g/mol. The minimum absolute atomic E-state index is 0.00439. The van der Waals surface area contributed by atoms with Crippen molar-refractivity contribution in [3.8, 4) is 0 Å². The van der Waals surface area contributed by atoms with E-state index in [1.165, 1.54) is 0 Å². The van der Waals surface area contributed by atoms with Gasteiger partial charge in [0.25, 0.3) is 0 Å². The van der Waals surface area contributed by atoms with Crippen molar-refractivity contribution in [2.24, 2.45) is 5.92 Å². The second-order valence-electron chi connectivity index (χ2n) is 6.78. The maximum absolute atomic E-state index is 12.0. The zero-order chi connectivity index (χ0) is 16.0. The van der Waals surface area contributed by atoms with Crippen LogP contribution in [0.25, 0.3) is 0 Å². The molecule has 1 saturated heterocycles. The fraction of sp³-hybridized carbons (Fsp3) is 0.867. The molecule has 0 saturated carbocycles. The van der Waals surface area contributed by atoms with Gasteiger partial charge in [0.1, 0.15) is 0 Å². The Bertz CT molecular complexity index is 366. The fourth-order valence-corrected chi connectivity index (χ4v) is 2.45. The first-order valence-electron chi connectivity index (χ1n) is 7.48. The summed E-state index contributed by atoms with van der Waals surface area (Å²) < 4.78 is 4.97. The normalized spacial score (nSPS) is 19.4. The molecule has 1 aliphatic rings. The highest BCUT2D eigenvalue weighted by Crippen LogP contribution is 2.25. The third-order valence-corrected chi connectivity index (χ3v) is 3.69. The number of carbonyl (C=O) groups is 2. The number of ether oxygens (including phenoxy) is 1. The number of methoxy groups -OCH3 is 1. The number of hydrogen-bond acceptors (Lipinski definition) is 4. The second kappa shape index (κ2) is 7.75. The largest absolute Gasteiger partial charge is 0.383 e. The van der Waals surface area contributed by atoms with Crippen LogP contribution in [0.15, 0.2) is 0 Å². The maximum atomic E-state index is 12.0. The first-order chi connectivity index (χ1) is 9.74. The molecule has 1 N–H and O–H groups in total. The summed E-state index contributed by atoms with van der Waals surface area (Å²) in [6, 6.07) is 0. The molecular formula is C15H29N3O3. The van der Waals surface area contributed by atoms with E-state index in [0.717, 1.165) is 13.1 Å². The van der Waals surface area contributed by atoms with Gasteiger partial charge < -0.3 is 15.0 Å². The van der Waals surface area contributed by atoms with Gasteiger partial charge in [0, 0.05) is 44.6 Å². The molecule has 1 heterocycles. The van der Waals surface area contributed by atoms with Crippen molar-refractivity contribution in [1.82, 2.24) is 15.1 Å². The maximum Gasteiger partial charge on any atom is 0.234 e. The second-order valence-corrected chi connectivity index (χ2v) is 6.78. The Morgan fingerprint density at radius 3 is 2.67 bits per heavy atom. The lowest BCUT2D eigenvalue weighted by Gasteiger charge is -2.32. The van der Waals surface area contributed by atoms with Crippen molar-refractivity contribution in [1.29, 1.82) is 0 Å². The molecule has 0 bridgehead atoms. The Morgan fingerprint density at radius 2 is 2.14 bits per heavy atom. The van der Waals surface area contributed by atoms with Crippen LogP contribution in [0.5, 0.6) is 0 Å². The van der Waals surface area contributed by atoms with Crippen LogP contribution < -0.4 is 5.32 Å². The Hall–Kier alpha value is -1.14. The lowest BCUT2D eigenvalue weighted by Crippen LogP contribution is -2.43. The predicted octanol–water partition coefficient (Wildman–Crippen LogP) is 0.328. The average Bonchev–Trinajstić information content (AvgIpc) is 2.75. The Balaban J connectivity index is 2.30. The van der Waals surface area contributed by atoms with Gasteiger partial charge in [0.05, 0.1) is 13.2 Å². The van der Waals surface area contributed by atoms with Crippen LogP contribution >= 0.6 is 0 Å². The van der Waals surface area contributed by atoms with E-state index in [1.54, 1.807) is 7.11 Å². The molecule has 0 aliphatic carbocycles. The molecule has 21 heavy (non-hydrogen) atoms. The average molecular weight is 299 g/mol. The van der Waals surface area contributed by atoms with Crippen LogP contribution in [0, 0.1) is 5.92 Å². The molecule has 2 amide bonds. The number of nitrogens with zero attached hydrogens (tertiary/aromatic N) is 2. The number of likely N-dealkylation sites (tertiary alicyclic amines) is 1. The molecule has 0 radical (unpaired) electrons. The van der Waals surface area contributed by atoms with E-state index in [2.05, 4.69) is 5.32 Å². The molecule has 1 atom stereocenters. The molecule has 122 valence electrons. The van der Waals surface area contributed by atoms with Gasteiger partial charge in [-0.15, -0.1) is 0 Å².